The molecule has 0 aliphatic carbocycles. The van der Waals surface area contributed by atoms with E-state index in [0.717, 1.165) is 36.7 Å². The number of rotatable bonds is 4. The second-order valence-electron chi connectivity index (χ2n) is 7.57. The zero-order valence-electron chi connectivity index (χ0n) is 16.0. The van der Waals surface area contributed by atoms with Crippen molar-refractivity contribution < 1.29 is 14.3 Å². The van der Waals surface area contributed by atoms with Gasteiger partial charge in [0.05, 0.1) is 24.7 Å². The highest BCUT2D eigenvalue weighted by Crippen LogP contribution is 2.38. The average molecular weight is 401 g/mol. The minimum absolute atomic E-state index is 0.0897. The molecule has 2 heterocycles. The number of ether oxygens (including phenoxy) is 2. The number of halogens is 1. The molecule has 148 valence electrons. The number of fused-ring (bicyclic) bond motifs is 1. The second kappa shape index (κ2) is 8.31. The van der Waals surface area contributed by atoms with E-state index in [1.54, 1.807) is 6.07 Å². The first-order valence-corrected chi connectivity index (χ1v) is 10.2. The Morgan fingerprint density at radius 1 is 1.21 bits per heavy atom. The van der Waals surface area contributed by atoms with Crippen LogP contribution in [-0.2, 0) is 11.2 Å². The first kappa shape index (κ1) is 18.9. The fraction of sp³-hybridized carbons (Fsp3) is 0.409. The molecule has 28 heavy (non-hydrogen) atoms. The molecule has 1 N–H and O–H groups in total. The van der Waals surface area contributed by atoms with Gasteiger partial charge in [-0.25, -0.2) is 0 Å². The molecule has 2 aromatic rings. The van der Waals surface area contributed by atoms with E-state index >= 15 is 0 Å². The molecule has 0 saturated carbocycles. The predicted octanol–water partition coefficient (Wildman–Crippen LogP) is 4.53. The standard InChI is InChI=1S/C22H25ClN2O3/c1-15-7-8-25(14-15)18-5-3-17(4-6-18)24-21(26)13-16-11-19(23)22-20(12-16)27-9-2-10-28-22/h3-6,11-12,15H,2,7-10,13-14H2,1H3,(H,24,26). The summed E-state index contributed by atoms with van der Waals surface area (Å²) in [5, 5.41) is 3.43. The lowest BCUT2D eigenvalue weighted by Crippen LogP contribution is -2.19. The van der Waals surface area contributed by atoms with Gasteiger partial charge in [-0.3, -0.25) is 4.79 Å². The number of carbonyl (C=O) groups excluding carboxylic acids is 1. The van der Waals surface area contributed by atoms with E-state index in [0.29, 0.717) is 29.7 Å². The molecule has 1 fully saturated rings. The summed E-state index contributed by atoms with van der Waals surface area (Å²) < 4.78 is 11.3. The fourth-order valence-electron chi connectivity index (χ4n) is 3.70. The molecule has 0 aromatic heterocycles. The van der Waals surface area contributed by atoms with Crippen LogP contribution in [0.15, 0.2) is 36.4 Å². The van der Waals surface area contributed by atoms with Crippen LogP contribution in [0.5, 0.6) is 11.5 Å². The van der Waals surface area contributed by atoms with Gasteiger partial charge in [-0.15, -0.1) is 0 Å². The van der Waals surface area contributed by atoms with Gasteiger partial charge in [-0.2, -0.15) is 0 Å². The van der Waals surface area contributed by atoms with Gasteiger partial charge in [0.1, 0.15) is 0 Å². The maximum atomic E-state index is 12.5. The van der Waals surface area contributed by atoms with Gasteiger partial charge in [0.25, 0.3) is 0 Å². The monoisotopic (exact) mass is 400 g/mol. The Morgan fingerprint density at radius 3 is 2.75 bits per heavy atom. The molecule has 5 nitrogen and oxygen atoms in total. The van der Waals surface area contributed by atoms with Crippen molar-refractivity contribution in [3.05, 3.63) is 47.0 Å². The topological polar surface area (TPSA) is 50.8 Å². The van der Waals surface area contributed by atoms with Gasteiger partial charge in [-0.1, -0.05) is 18.5 Å². The van der Waals surface area contributed by atoms with Gasteiger partial charge >= 0.3 is 0 Å². The lowest BCUT2D eigenvalue weighted by molar-refractivity contribution is -0.115. The molecule has 1 atom stereocenters. The Hall–Kier alpha value is -2.40. The van der Waals surface area contributed by atoms with E-state index < -0.39 is 0 Å². The Kier molecular flexibility index (Phi) is 5.62. The molecule has 4 rings (SSSR count). The van der Waals surface area contributed by atoms with E-state index in [4.69, 9.17) is 21.1 Å². The van der Waals surface area contributed by atoms with Crippen molar-refractivity contribution in [2.45, 2.75) is 26.2 Å². The highest BCUT2D eigenvalue weighted by molar-refractivity contribution is 6.32. The molecule has 1 saturated heterocycles. The van der Waals surface area contributed by atoms with E-state index in [9.17, 15) is 4.79 Å². The van der Waals surface area contributed by atoms with Crippen molar-refractivity contribution in [1.29, 1.82) is 0 Å². The number of amides is 1. The third kappa shape index (κ3) is 4.36. The largest absolute Gasteiger partial charge is 0.489 e. The molecule has 1 amide bonds. The first-order valence-electron chi connectivity index (χ1n) is 9.81. The molecule has 2 aliphatic heterocycles. The predicted molar refractivity (Wildman–Crippen MR) is 112 cm³/mol. The highest BCUT2D eigenvalue weighted by Gasteiger charge is 2.19. The van der Waals surface area contributed by atoms with E-state index in [2.05, 4.69) is 29.3 Å². The quantitative estimate of drug-likeness (QED) is 0.819. The molecule has 0 bridgehead atoms. The SMILES string of the molecule is CC1CCN(c2ccc(NC(=O)Cc3cc(Cl)c4c(c3)OCCCO4)cc2)C1. The van der Waals surface area contributed by atoms with Crippen molar-refractivity contribution in [3.63, 3.8) is 0 Å². The molecule has 2 aromatic carbocycles. The summed E-state index contributed by atoms with van der Waals surface area (Å²) in [5.41, 5.74) is 2.80. The van der Waals surface area contributed by atoms with Crippen LogP contribution in [0.4, 0.5) is 11.4 Å². The number of hydrogen-bond acceptors (Lipinski definition) is 4. The molecule has 2 aliphatic rings. The molecular formula is C22H25ClN2O3. The van der Waals surface area contributed by atoms with Gasteiger partial charge in [0.2, 0.25) is 5.91 Å². The summed E-state index contributed by atoms with van der Waals surface area (Å²) in [6.45, 7) is 5.63. The summed E-state index contributed by atoms with van der Waals surface area (Å²) in [6, 6.07) is 11.7. The molecule has 1 unspecified atom stereocenters. The Morgan fingerprint density at radius 2 is 2.00 bits per heavy atom. The smallest absolute Gasteiger partial charge is 0.228 e. The fourth-order valence-corrected chi connectivity index (χ4v) is 3.99. The number of hydrogen-bond donors (Lipinski definition) is 1. The van der Waals surface area contributed by atoms with Crippen LogP contribution in [0.25, 0.3) is 0 Å². The van der Waals surface area contributed by atoms with Crippen molar-refractivity contribution in [2.75, 3.05) is 36.5 Å². The number of benzene rings is 2. The number of carbonyl (C=O) groups is 1. The van der Waals surface area contributed by atoms with Crippen LogP contribution in [0.1, 0.15) is 25.3 Å². The molecule has 0 radical (unpaired) electrons. The van der Waals surface area contributed by atoms with E-state index in [1.807, 2.05) is 18.2 Å². The van der Waals surface area contributed by atoms with Crippen LogP contribution in [0, 0.1) is 5.92 Å². The van der Waals surface area contributed by atoms with Crippen molar-refractivity contribution >= 4 is 28.9 Å². The summed E-state index contributed by atoms with van der Waals surface area (Å²) in [4.78, 5) is 14.9. The minimum atomic E-state index is -0.0897. The van der Waals surface area contributed by atoms with Crippen LogP contribution in [-0.4, -0.2) is 32.2 Å². The van der Waals surface area contributed by atoms with Gasteiger partial charge in [0.15, 0.2) is 11.5 Å². The molecular weight excluding hydrogens is 376 g/mol. The summed E-state index contributed by atoms with van der Waals surface area (Å²) in [6.07, 6.45) is 2.27. The highest BCUT2D eigenvalue weighted by atomic mass is 35.5. The van der Waals surface area contributed by atoms with Crippen molar-refractivity contribution in [2.24, 2.45) is 5.92 Å². The lowest BCUT2D eigenvalue weighted by atomic mass is 10.1. The van der Waals surface area contributed by atoms with Gasteiger partial charge in [-0.05, 0) is 54.3 Å². The van der Waals surface area contributed by atoms with Crippen molar-refractivity contribution in [3.8, 4) is 11.5 Å². The van der Waals surface area contributed by atoms with Crippen LogP contribution in [0.2, 0.25) is 5.02 Å². The van der Waals surface area contributed by atoms with E-state index in [1.165, 1.54) is 12.1 Å². The van der Waals surface area contributed by atoms with Crippen molar-refractivity contribution in [1.82, 2.24) is 0 Å². The van der Waals surface area contributed by atoms with E-state index in [-0.39, 0.29) is 12.3 Å². The average Bonchev–Trinajstić information content (AvgIpc) is 2.95. The zero-order chi connectivity index (χ0) is 19.5. The third-order valence-electron chi connectivity index (χ3n) is 5.17. The summed E-state index contributed by atoms with van der Waals surface area (Å²) in [7, 11) is 0. The maximum Gasteiger partial charge on any atom is 0.228 e. The maximum absolute atomic E-state index is 12.5. The normalized spacial score (nSPS) is 18.6. The summed E-state index contributed by atoms with van der Waals surface area (Å²) in [5.74, 6) is 1.82. The Balaban J connectivity index is 1.39. The summed E-state index contributed by atoms with van der Waals surface area (Å²) >= 11 is 6.31. The number of anilines is 2. The van der Waals surface area contributed by atoms with Crippen LogP contribution >= 0.6 is 11.6 Å². The van der Waals surface area contributed by atoms with Crippen LogP contribution < -0.4 is 19.7 Å². The van der Waals surface area contributed by atoms with Gasteiger partial charge < -0.3 is 19.7 Å². The first-order chi connectivity index (χ1) is 13.6. The third-order valence-corrected chi connectivity index (χ3v) is 5.45. The minimum Gasteiger partial charge on any atom is -0.489 e. The molecule has 6 heteroatoms. The zero-order valence-corrected chi connectivity index (χ0v) is 16.8. The lowest BCUT2D eigenvalue weighted by Gasteiger charge is -2.18. The Bertz CT molecular complexity index is 854. The number of nitrogens with one attached hydrogen (secondary N) is 1. The number of nitrogens with zero attached hydrogens (tertiary/aromatic N) is 1. The van der Waals surface area contributed by atoms with Crippen LogP contribution in [0.3, 0.4) is 0 Å². The molecule has 0 spiro atoms. The van der Waals surface area contributed by atoms with Gasteiger partial charge in [0, 0.05) is 30.9 Å². The second-order valence-corrected chi connectivity index (χ2v) is 7.97. The Labute approximate surface area is 170 Å².